The minimum Gasteiger partial charge on any atom is -0.379 e. The fraction of sp³-hybridized carbons (Fsp3) is 0.379. The number of allylic oxidation sites excluding steroid dienone is 2. The summed E-state index contributed by atoms with van der Waals surface area (Å²) in [6.07, 6.45) is 16.2. The van der Waals surface area contributed by atoms with Crippen molar-refractivity contribution in [3.05, 3.63) is 78.6 Å². The van der Waals surface area contributed by atoms with Gasteiger partial charge in [0.1, 0.15) is 0 Å². The second-order valence-electron chi connectivity index (χ2n) is 8.41. The monoisotopic (exact) mass is 428 g/mol. The van der Waals surface area contributed by atoms with Crippen molar-refractivity contribution < 1.29 is 4.74 Å². The molecule has 0 aliphatic carbocycles. The van der Waals surface area contributed by atoms with Gasteiger partial charge in [0, 0.05) is 6.61 Å². The molecule has 0 N–H and O–H groups in total. The van der Waals surface area contributed by atoms with Crippen LogP contribution in [0, 0.1) is 0 Å². The number of hydrogen-bond donors (Lipinski definition) is 0. The summed E-state index contributed by atoms with van der Waals surface area (Å²) in [5.74, 6) is 0. The van der Waals surface area contributed by atoms with Crippen LogP contribution >= 0.6 is 0 Å². The van der Waals surface area contributed by atoms with Crippen molar-refractivity contribution in [1.82, 2.24) is 9.97 Å². The molecule has 1 unspecified atom stereocenters. The molecule has 168 valence electrons. The predicted molar refractivity (Wildman–Crippen MR) is 137 cm³/mol. The third-order valence-corrected chi connectivity index (χ3v) is 5.65. The maximum Gasteiger partial charge on any atom is 0.0894 e. The SMILES string of the molecule is C=CCc1ccc(-c2ccc3nc(C=CCCCC(C)OCCCCC)cnc3c2)cc1. The Hall–Kier alpha value is -2.78. The first-order chi connectivity index (χ1) is 15.7. The lowest BCUT2D eigenvalue weighted by Crippen LogP contribution is -2.08. The zero-order valence-electron chi connectivity index (χ0n) is 19.6. The Balaban J connectivity index is 1.52. The summed E-state index contributed by atoms with van der Waals surface area (Å²) in [5.41, 5.74) is 6.37. The number of rotatable bonds is 13. The standard InChI is InChI=1S/C29H36N2O/c1-4-6-10-20-32-23(3)12-8-7-9-13-27-22-30-29-21-26(18-19-28(29)31-27)25-16-14-24(11-5-2)15-17-25/h5,9,13-19,21-23H,2,4,6-8,10-12,20H2,1,3H3. The van der Waals surface area contributed by atoms with Crippen molar-refractivity contribution in [2.24, 2.45) is 0 Å². The largest absolute Gasteiger partial charge is 0.379 e. The van der Waals surface area contributed by atoms with Crippen LogP contribution in [0.2, 0.25) is 0 Å². The molecule has 0 aliphatic heterocycles. The Morgan fingerprint density at radius 2 is 1.81 bits per heavy atom. The molecule has 0 aliphatic rings. The number of unbranched alkanes of at least 4 members (excludes halogenated alkanes) is 3. The smallest absolute Gasteiger partial charge is 0.0894 e. The minimum atomic E-state index is 0.341. The van der Waals surface area contributed by atoms with Gasteiger partial charge in [-0.05, 0) is 73.9 Å². The molecule has 3 heteroatoms. The number of aromatic nitrogens is 2. The zero-order valence-corrected chi connectivity index (χ0v) is 19.6. The molecule has 1 atom stereocenters. The summed E-state index contributed by atoms with van der Waals surface area (Å²) < 4.78 is 5.86. The average molecular weight is 429 g/mol. The van der Waals surface area contributed by atoms with Crippen LogP contribution in [0.25, 0.3) is 28.2 Å². The summed E-state index contributed by atoms with van der Waals surface area (Å²) >= 11 is 0. The Labute approximate surface area is 193 Å². The number of benzene rings is 2. The Kier molecular flexibility index (Phi) is 9.64. The highest BCUT2D eigenvalue weighted by Gasteiger charge is 2.04. The van der Waals surface area contributed by atoms with Crippen molar-refractivity contribution in [2.75, 3.05) is 6.61 Å². The van der Waals surface area contributed by atoms with E-state index in [1.165, 1.54) is 30.4 Å². The van der Waals surface area contributed by atoms with Gasteiger partial charge >= 0.3 is 0 Å². The van der Waals surface area contributed by atoms with E-state index in [1.807, 2.05) is 12.3 Å². The molecule has 0 bridgehead atoms. The summed E-state index contributed by atoms with van der Waals surface area (Å²) in [6.45, 7) is 9.09. The lowest BCUT2D eigenvalue weighted by atomic mass is 10.0. The third-order valence-electron chi connectivity index (χ3n) is 5.65. The van der Waals surface area contributed by atoms with Crippen LogP contribution in [0.5, 0.6) is 0 Å². The quantitative estimate of drug-likeness (QED) is 0.206. The Morgan fingerprint density at radius 1 is 1.00 bits per heavy atom. The third kappa shape index (κ3) is 7.42. The van der Waals surface area contributed by atoms with Crippen molar-refractivity contribution in [3.8, 4) is 11.1 Å². The van der Waals surface area contributed by atoms with Gasteiger partial charge in [-0.15, -0.1) is 6.58 Å². The zero-order chi connectivity index (χ0) is 22.6. The van der Waals surface area contributed by atoms with Crippen molar-refractivity contribution in [1.29, 1.82) is 0 Å². The van der Waals surface area contributed by atoms with Gasteiger partial charge in [0.05, 0.1) is 29.0 Å². The van der Waals surface area contributed by atoms with Gasteiger partial charge in [-0.25, -0.2) is 4.98 Å². The molecule has 3 aromatic rings. The Morgan fingerprint density at radius 3 is 2.59 bits per heavy atom. The first kappa shape index (κ1) is 23.9. The topological polar surface area (TPSA) is 35.0 Å². The van der Waals surface area contributed by atoms with Gasteiger partial charge < -0.3 is 4.74 Å². The molecule has 2 aromatic carbocycles. The molecule has 1 heterocycles. The normalized spacial score (nSPS) is 12.4. The van der Waals surface area contributed by atoms with Crippen LogP contribution in [0.15, 0.2) is 67.4 Å². The Bertz CT molecular complexity index is 1010. The van der Waals surface area contributed by atoms with Crippen LogP contribution in [0.1, 0.15) is 63.6 Å². The lowest BCUT2D eigenvalue weighted by molar-refractivity contribution is 0.0566. The highest BCUT2D eigenvalue weighted by Crippen LogP contribution is 2.23. The first-order valence-electron chi connectivity index (χ1n) is 11.9. The fourth-order valence-electron chi connectivity index (χ4n) is 3.73. The molecule has 3 rings (SSSR count). The van der Waals surface area contributed by atoms with Gasteiger partial charge in [0.2, 0.25) is 0 Å². The molecule has 0 saturated heterocycles. The van der Waals surface area contributed by atoms with Gasteiger partial charge in [0.25, 0.3) is 0 Å². The molecule has 0 fully saturated rings. The van der Waals surface area contributed by atoms with Crippen molar-refractivity contribution >= 4 is 17.1 Å². The summed E-state index contributed by atoms with van der Waals surface area (Å²) in [7, 11) is 0. The van der Waals surface area contributed by atoms with Crippen molar-refractivity contribution in [3.63, 3.8) is 0 Å². The summed E-state index contributed by atoms with van der Waals surface area (Å²) in [4.78, 5) is 9.40. The van der Waals surface area contributed by atoms with E-state index in [0.29, 0.717) is 6.10 Å². The van der Waals surface area contributed by atoms with Gasteiger partial charge in [0.15, 0.2) is 0 Å². The molecule has 1 aromatic heterocycles. The van der Waals surface area contributed by atoms with Crippen LogP contribution in [0.3, 0.4) is 0 Å². The second-order valence-corrected chi connectivity index (χ2v) is 8.41. The highest BCUT2D eigenvalue weighted by atomic mass is 16.5. The number of fused-ring (bicyclic) bond motifs is 1. The lowest BCUT2D eigenvalue weighted by Gasteiger charge is -2.11. The number of hydrogen-bond acceptors (Lipinski definition) is 3. The van der Waals surface area contributed by atoms with Crippen LogP contribution in [-0.2, 0) is 11.2 Å². The summed E-state index contributed by atoms with van der Waals surface area (Å²) in [5, 5.41) is 0. The molecular weight excluding hydrogens is 392 g/mol. The maximum absolute atomic E-state index is 5.86. The van der Waals surface area contributed by atoms with E-state index >= 15 is 0 Å². The maximum atomic E-state index is 5.86. The van der Waals surface area contributed by atoms with Gasteiger partial charge in [-0.3, -0.25) is 4.98 Å². The molecule has 0 spiro atoms. The first-order valence-corrected chi connectivity index (χ1v) is 11.9. The fourth-order valence-corrected chi connectivity index (χ4v) is 3.73. The van der Waals surface area contributed by atoms with Crippen LogP contribution in [-0.4, -0.2) is 22.7 Å². The van der Waals surface area contributed by atoms with Gasteiger partial charge in [-0.1, -0.05) is 62.2 Å². The van der Waals surface area contributed by atoms with Crippen LogP contribution < -0.4 is 0 Å². The molecule has 3 nitrogen and oxygen atoms in total. The van der Waals surface area contributed by atoms with E-state index in [1.54, 1.807) is 0 Å². The van der Waals surface area contributed by atoms with E-state index in [2.05, 4.69) is 80.0 Å². The van der Waals surface area contributed by atoms with E-state index in [9.17, 15) is 0 Å². The summed E-state index contributed by atoms with van der Waals surface area (Å²) in [6, 6.07) is 14.9. The number of ether oxygens (including phenoxy) is 1. The molecule has 0 saturated carbocycles. The number of nitrogens with zero attached hydrogens (tertiary/aromatic N) is 2. The average Bonchev–Trinajstić information content (AvgIpc) is 2.82. The van der Waals surface area contributed by atoms with E-state index in [4.69, 9.17) is 9.72 Å². The molecule has 32 heavy (non-hydrogen) atoms. The highest BCUT2D eigenvalue weighted by molar-refractivity contribution is 5.81. The minimum absolute atomic E-state index is 0.341. The van der Waals surface area contributed by atoms with Gasteiger partial charge in [-0.2, -0.15) is 0 Å². The molecule has 0 radical (unpaired) electrons. The van der Waals surface area contributed by atoms with Crippen molar-refractivity contribution in [2.45, 2.75) is 64.9 Å². The van der Waals surface area contributed by atoms with E-state index in [0.717, 1.165) is 54.6 Å². The second kappa shape index (κ2) is 12.9. The van der Waals surface area contributed by atoms with Crippen LogP contribution in [0.4, 0.5) is 0 Å². The predicted octanol–water partition coefficient (Wildman–Crippen LogP) is 7.80. The van der Waals surface area contributed by atoms with E-state index < -0.39 is 0 Å². The molecule has 0 amide bonds. The molecular formula is C29H36N2O. The van der Waals surface area contributed by atoms with E-state index in [-0.39, 0.29) is 0 Å².